The summed E-state index contributed by atoms with van der Waals surface area (Å²) in [6.07, 6.45) is 4.23. The van der Waals surface area contributed by atoms with Crippen LogP contribution < -0.4 is 15.8 Å². The van der Waals surface area contributed by atoms with Gasteiger partial charge in [-0.1, -0.05) is 12.1 Å². The number of carbonyl (C=O) groups excluding carboxylic acids is 1. The number of aliphatic hydroxyl groups is 1. The van der Waals surface area contributed by atoms with Gasteiger partial charge in [0.1, 0.15) is 5.56 Å². The van der Waals surface area contributed by atoms with Crippen molar-refractivity contribution in [1.82, 2.24) is 14.9 Å². The predicted octanol–water partition coefficient (Wildman–Crippen LogP) is 1.66. The summed E-state index contributed by atoms with van der Waals surface area (Å²) < 4.78 is 26.9. The van der Waals surface area contributed by atoms with E-state index in [0.29, 0.717) is 48.0 Å². The van der Waals surface area contributed by atoms with Gasteiger partial charge in [-0.25, -0.2) is 13.4 Å². The molecule has 2 aromatic heterocycles. The fraction of sp³-hybridized carbons (Fsp3) is 0.407. The molecule has 1 amide bonds. The van der Waals surface area contributed by atoms with Crippen LogP contribution in [0.1, 0.15) is 53.2 Å². The van der Waals surface area contributed by atoms with Crippen LogP contribution in [0.15, 0.2) is 47.4 Å². The zero-order chi connectivity index (χ0) is 26.7. The van der Waals surface area contributed by atoms with Crippen LogP contribution in [0, 0.1) is 11.3 Å². The van der Waals surface area contributed by atoms with Crippen LogP contribution in [0.2, 0.25) is 0 Å². The van der Waals surface area contributed by atoms with E-state index in [1.807, 2.05) is 11.0 Å². The number of pyridine rings is 2. The van der Waals surface area contributed by atoms with E-state index < -0.39 is 32.1 Å². The molecule has 1 unspecified atom stereocenters. The van der Waals surface area contributed by atoms with Crippen molar-refractivity contribution in [2.75, 3.05) is 24.6 Å². The van der Waals surface area contributed by atoms with Gasteiger partial charge in [-0.3, -0.25) is 14.2 Å². The number of nitrogens with zero attached hydrogens (tertiary/aromatic N) is 4. The van der Waals surface area contributed by atoms with E-state index in [1.54, 1.807) is 36.5 Å². The average Bonchev–Trinajstić information content (AvgIpc) is 3.85. The first-order chi connectivity index (χ1) is 18.3. The van der Waals surface area contributed by atoms with Gasteiger partial charge in [-0.2, -0.15) is 5.26 Å². The second kappa shape index (κ2) is 8.92. The second-order valence-electron chi connectivity index (χ2n) is 10.4. The molecule has 0 bridgehead atoms. The minimum Gasteiger partial charge on any atom is -0.394 e. The van der Waals surface area contributed by atoms with Crippen LogP contribution in [0.4, 0.5) is 5.82 Å². The Morgan fingerprint density at radius 1 is 1.21 bits per heavy atom. The van der Waals surface area contributed by atoms with Gasteiger partial charge in [0, 0.05) is 31.2 Å². The van der Waals surface area contributed by atoms with E-state index in [-0.39, 0.29) is 37.1 Å². The smallest absolute Gasteiger partial charge is 0.264 e. The van der Waals surface area contributed by atoms with E-state index in [9.17, 15) is 23.1 Å². The highest BCUT2D eigenvalue weighted by Gasteiger charge is 2.60. The molecule has 2 fully saturated rings. The molecular formula is C27H27N5O5S. The third kappa shape index (κ3) is 3.95. The molecule has 0 radical (unpaired) electrons. The molecule has 10 nitrogen and oxygen atoms in total. The summed E-state index contributed by atoms with van der Waals surface area (Å²) in [5, 5.41) is 22.3. The number of sulfone groups is 1. The summed E-state index contributed by atoms with van der Waals surface area (Å²) in [6.45, 7) is 0.320. The first-order valence-corrected chi connectivity index (χ1v) is 14.2. The highest BCUT2D eigenvalue weighted by molar-refractivity contribution is 7.94. The minimum absolute atomic E-state index is 0.0508. The lowest BCUT2D eigenvalue weighted by molar-refractivity contribution is 0.0948. The zero-order valence-corrected chi connectivity index (χ0v) is 21.4. The largest absolute Gasteiger partial charge is 0.394 e. The Bertz CT molecular complexity index is 1650. The monoisotopic (exact) mass is 533 g/mol. The number of aromatic nitrogens is 2. The third-order valence-corrected chi connectivity index (χ3v) is 11.0. The number of rotatable bonds is 8. The lowest BCUT2D eigenvalue weighted by Gasteiger charge is -2.37. The zero-order valence-electron chi connectivity index (χ0n) is 20.6. The van der Waals surface area contributed by atoms with Gasteiger partial charge in [0.05, 0.1) is 39.8 Å². The number of nitriles is 1. The molecule has 6 rings (SSSR count). The molecule has 0 saturated heterocycles. The summed E-state index contributed by atoms with van der Waals surface area (Å²) in [6, 6.07) is 11.4. The number of benzene rings is 1. The van der Waals surface area contributed by atoms with E-state index in [1.165, 1.54) is 10.6 Å². The number of anilines is 1. The molecule has 3 aliphatic rings. The lowest BCUT2D eigenvalue weighted by Crippen LogP contribution is -2.48. The molecule has 0 spiro atoms. The number of hydrogen-bond acceptors (Lipinski definition) is 8. The van der Waals surface area contributed by atoms with Crippen molar-refractivity contribution < 1.29 is 18.3 Å². The molecule has 1 aliphatic heterocycles. The molecule has 1 aromatic carbocycles. The molecule has 3 aromatic rings. The fourth-order valence-electron chi connectivity index (χ4n) is 5.44. The Balaban J connectivity index is 1.34. The number of nitrogens with one attached hydrogen (secondary N) is 1. The normalized spacial score (nSPS) is 19.7. The third-order valence-electron chi connectivity index (χ3n) is 7.87. The van der Waals surface area contributed by atoms with E-state index in [0.717, 1.165) is 5.56 Å². The quantitative estimate of drug-likeness (QED) is 0.445. The van der Waals surface area contributed by atoms with Crippen LogP contribution in [0.3, 0.4) is 0 Å². The molecular weight excluding hydrogens is 506 g/mol. The van der Waals surface area contributed by atoms with Crippen molar-refractivity contribution in [3.05, 3.63) is 69.6 Å². The highest BCUT2D eigenvalue weighted by atomic mass is 32.2. The fourth-order valence-corrected chi connectivity index (χ4v) is 7.91. The van der Waals surface area contributed by atoms with E-state index >= 15 is 0 Å². The van der Waals surface area contributed by atoms with Crippen LogP contribution in [-0.4, -0.2) is 58.7 Å². The SMILES string of the molecule is N#Cc1ccc(CNC(=O)c2cc3ccnc4c3n(c2=O)C(CO)CN4CC2(S(=O)(=O)C3CC3)CC2)cc1. The predicted molar refractivity (Wildman–Crippen MR) is 141 cm³/mol. The highest BCUT2D eigenvalue weighted by Crippen LogP contribution is 2.51. The number of aliphatic hydroxyl groups excluding tert-OH is 1. The second-order valence-corrected chi connectivity index (χ2v) is 13.1. The minimum atomic E-state index is -3.25. The Morgan fingerprint density at radius 3 is 2.58 bits per heavy atom. The molecule has 2 saturated carbocycles. The van der Waals surface area contributed by atoms with Crippen molar-refractivity contribution in [3.8, 4) is 6.07 Å². The van der Waals surface area contributed by atoms with Crippen molar-refractivity contribution >= 4 is 32.5 Å². The van der Waals surface area contributed by atoms with Crippen molar-refractivity contribution in [1.29, 1.82) is 5.26 Å². The summed E-state index contributed by atoms with van der Waals surface area (Å²) >= 11 is 0. The maximum absolute atomic E-state index is 13.6. The summed E-state index contributed by atoms with van der Waals surface area (Å²) in [5.74, 6) is -0.0546. The molecule has 1 atom stereocenters. The topological polar surface area (TPSA) is 145 Å². The average molecular weight is 534 g/mol. The number of amides is 1. The van der Waals surface area contributed by atoms with Crippen LogP contribution in [-0.2, 0) is 16.4 Å². The van der Waals surface area contributed by atoms with Crippen molar-refractivity contribution in [2.24, 2.45) is 0 Å². The van der Waals surface area contributed by atoms with Gasteiger partial charge in [0.25, 0.3) is 11.5 Å². The first kappa shape index (κ1) is 24.6. The first-order valence-electron chi connectivity index (χ1n) is 12.7. The van der Waals surface area contributed by atoms with Gasteiger partial charge in [0.2, 0.25) is 0 Å². The Kier molecular flexibility index (Phi) is 5.77. The van der Waals surface area contributed by atoms with E-state index in [4.69, 9.17) is 5.26 Å². The molecule has 11 heteroatoms. The van der Waals surface area contributed by atoms with Crippen molar-refractivity contribution in [3.63, 3.8) is 0 Å². The maximum Gasteiger partial charge on any atom is 0.264 e. The molecule has 2 aliphatic carbocycles. The molecule has 3 heterocycles. The molecule has 2 N–H and O–H groups in total. The van der Waals surface area contributed by atoms with Gasteiger partial charge < -0.3 is 15.3 Å². The van der Waals surface area contributed by atoms with Crippen LogP contribution in [0.5, 0.6) is 0 Å². The lowest BCUT2D eigenvalue weighted by atomic mass is 10.1. The van der Waals surface area contributed by atoms with Gasteiger partial charge in [-0.05, 0) is 55.5 Å². The molecule has 196 valence electrons. The van der Waals surface area contributed by atoms with Gasteiger partial charge in [0.15, 0.2) is 15.7 Å². The number of carbonyl (C=O) groups is 1. The van der Waals surface area contributed by atoms with Gasteiger partial charge in [-0.15, -0.1) is 0 Å². The van der Waals surface area contributed by atoms with Gasteiger partial charge >= 0.3 is 0 Å². The Morgan fingerprint density at radius 2 is 1.95 bits per heavy atom. The van der Waals surface area contributed by atoms with E-state index in [2.05, 4.69) is 10.3 Å². The Hall–Kier alpha value is -3.75. The van der Waals surface area contributed by atoms with Crippen LogP contribution in [0.25, 0.3) is 10.9 Å². The standard InChI is InChI=1S/C27H27N5O5S/c28-12-17-1-3-18(4-2-17)13-30-25(34)22-11-19-7-10-29-24-23(19)32(26(22)35)20(15-33)14-31(24)16-27(8-9-27)38(36,37)21-5-6-21/h1-4,7,10-11,20-21,33H,5-6,8-9,13-16H2,(H,30,34). The summed E-state index contributed by atoms with van der Waals surface area (Å²) in [5.41, 5.74) is 1.20. The number of hydrogen-bond donors (Lipinski definition) is 2. The van der Waals surface area contributed by atoms with Crippen molar-refractivity contribution in [2.45, 2.75) is 48.3 Å². The molecule has 38 heavy (non-hydrogen) atoms. The van der Waals surface area contributed by atoms with Crippen LogP contribution >= 0.6 is 0 Å². The maximum atomic E-state index is 13.6. The summed E-state index contributed by atoms with van der Waals surface area (Å²) in [4.78, 5) is 33.1. The summed E-state index contributed by atoms with van der Waals surface area (Å²) in [7, 11) is -3.25. The Labute approximate surface area is 219 Å².